The van der Waals surface area contributed by atoms with E-state index in [1.165, 1.54) is 18.0 Å². The van der Waals surface area contributed by atoms with E-state index in [0.717, 1.165) is 0 Å². The number of aryl methyl sites for hydroxylation is 1. The summed E-state index contributed by atoms with van der Waals surface area (Å²) >= 11 is 6.39. The van der Waals surface area contributed by atoms with Crippen molar-refractivity contribution in [2.75, 3.05) is 18.2 Å². The number of fused-ring (bicyclic) bond motifs is 1. The summed E-state index contributed by atoms with van der Waals surface area (Å²) in [4.78, 5) is 22.0. The molecule has 178 valence electrons. The third kappa shape index (κ3) is 3.93. The van der Waals surface area contributed by atoms with Crippen molar-refractivity contribution in [3.05, 3.63) is 63.6 Å². The molecule has 5 aromatic rings. The van der Waals surface area contributed by atoms with Gasteiger partial charge in [0, 0.05) is 13.0 Å². The van der Waals surface area contributed by atoms with E-state index in [0.29, 0.717) is 50.5 Å². The first kappa shape index (κ1) is 22.3. The number of benzene rings is 1. The maximum absolute atomic E-state index is 13.6. The maximum atomic E-state index is 13.6. The van der Waals surface area contributed by atoms with Crippen molar-refractivity contribution in [1.29, 1.82) is 0 Å². The molecule has 12 nitrogen and oxygen atoms in total. The quantitative estimate of drug-likeness (QED) is 0.320. The Bertz CT molecular complexity index is 1610. The smallest absolute Gasteiger partial charge is 0.266 e. The first-order chi connectivity index (χ1) is 16.9. The molecule has 13 heteroatoms. The van der Waals surface area contributed by atoms with Gasteiger partial charge in [0.05, 0.1) is 29.3 Å². The summed E-state index contributed by atoms with van der Waals surface area (Å²) in [6, 6.07) is 8.30. The number of H-pyrrole nitrogens is 1. The number of hydrogen-bond donors (Lipinski definition) is 3. The van der Waals surface area contributed by atoms with E-state index in [1.54, 1.807) is 25.1 Å². The Balaban J connectivity index is 1.67. The van der Waals surface area contributed by atoms with Crippen LogP contribution in [0.4, 0.5) is 11.6 Å². The molecule has 0 saturated carbocycles. The average Bonchev–Trinajstić information content (AvgIpc) is 3.48. The lowest BCUT2D eigenvalue weighted by atomic mass is 10.1. The lowest BCUT2D eigenvalue weighted by Crippen LogP contribution is -2.26. The van der Waals surface area contributed by atoms with Crippen LogP contribution in [-0.4, -0.2) is 42.0 Å². The van der Waals surface area contributed by atoms with Crippen molar-refractivity contribution < 1.29 is 9.15 Å². The fourth-order valence-electron chi connectivity index (χ4n) is 3.80. The average molecular weight is 494 g/mol. The Morgan fingerprint density at radius 1 is 1.26 bits per heavy atom. The van der Waals surface area contributed by atoms with Crippen LogP contribution >= 0.6 is 11.6 Å². The maximum Gasteiger partial charge on any atom is 0.266 e. The number of pyridine rings is 1. The summed E-state index contributed by atoms with van der Waals surface area (Å²) in [5.41, 5.74) is 6.73. The summed E-state index contributed by atoms with van der Waals surface area (Å²) < 4.78 is 12.2. The normalized spacial score (nSPS) is 12.1. The number of nitrogens with two attached hydrogens (primary N) is 1. The molecule has 1 aromatic carbocycles. The summed E-state index contributed by atoms with van der Waals surface area (Å²) in [6.45, 7) is 3.54. The monoisotopic (exact) mass is 493 g/mol. The number of nitrogens with one attached hydrogen (secondary N) is 2. The zero-order valence-electron chi connectivity index (χ0n) is 18.9. The molecule has 0 bridgehead atoms. The molecule has 0 aliphatic carbocycles. The largest absolute Gasteiger partial charge is 0.481 e. The number of nitrogens with zero attached hydrogens (tertiary/aromatic N) is 6. The highest BCUT2D eigenvalue weighted by molar-refractivity contribution is 6.35. The SMILES string of the molecule is COc1cc(-n2c(C(C)Nc3ncnc(N)c3-c3nnc(C)o3)cc3cccc(Cl)c3c2=O)n[nH]1. The molecule has 4 N–H and O–H groups in total. The molecule has 4 heterocycles. The third-order valence-electron chi connectivity index (χ3n) is 5.43. The second-order valence-electron chi connectivity index (χ2n) is 7.68. The van der Waals surface area contributed by atoms with Gasteiger partial charge in [0.15, 0.2) is 5.82 Å². The van der Waals surface area contributed by atoms with E-state index < -0.39 is 6.04 Å². The van der Waals surface area contributed by atoms with Gasteiger partial charge in [-0.3, -0.25) is 9.36 Å². The molecular formula is C22H20ClN9O3. The van der Waals surface area contributed by atoms with Crippen LogP contribution in [0.15, 0.2) is 45.9 Å². The highest BCUT2D eigenvalue weighted by Crippen LogP contribution is 2.33. The van der Waals surface area contributed by atoms with Crippen LogP contribution in [0.2, 0.25) is 5.02 Å². The molecule has 0 amide bonds. The molecule has 0 fully saturated rings. The Labute approximate surface area is 203 Å². The number of nitrogen functional groups attached to an aromatic ring is 1. The van der Waals surface area contributed by atoms with Gasteiger partial charge in [-0.25, -0.2) is 15.1 Å². The Morgan fingerprint density at radius 2 is 2.09 bits per heavy atom. The van der Waals surface area contributed by atoms with E-state index in [-0.39, 0.29) is 17.3 Å². The zero-order valence-corrected chi connectivity index (χ0v) is 19.7. The lowest BCUT2D eigenvalue weighted by Gasteiger charge is -2.21. The molecule has 0 aliphatic heterocycles. The minimum absolute atomic E-state index is 0.165. The topological polar surface area (TPSA) is 163 Å². The lowest BCUT2D eigenvalue weighted by molar-refractivity contribution is 0.397. The molecule has 0 aliphatic rings. The molecular weight excluding hydrogens is 474 g/mol. The highest BCUT2D eigenvalue weighted by atomic mass is 35.5. The minimum atomic E-state index is -0.467. The van der Waals surface area contributed by atoms with Gasteiger partial charge in [0.1, 0.15) is 23.5 Å². The fraction of sp³-hybridized carbons (Fsp3) is 0.182. The van der Waals surface area contributed by atoms with E-state index in [2.05, 4.69) is 35.7 Å². The first-order valence-electron chi connectivity index (χ1n) is 10.5. The summed E-state index contributed by atoms with van der Waals surface area (Å²) in [5.74, 6) is 1.81. The summed E-state index contributed by atoms with van der Waals surface area (Å²) in [5, 5.41) is 19.6. The minimum Gasteiger partial charge on any atom is -0.481 e. The number of halogens is 1. The summed E-state index contributed by atoms with van der Waals surface area (Å²) in [7, 11) is 1.50. The Hall–Kier alpha value is -4.45. The van der Waals surface area contributed by atoms with Crippen LogP contribution in [0.5, 0.6) is 5.88 Å². The van der Waals surface area contributed by atoms with Crippen LogP contribution in [0.3, 0.4) is 0 Å². The molecule has 0 spiro atoms. The van der Waals surface area contributed by atoms with E-state index >= 15 is 0 Å². The van der Waals surface area contributed by atoms with Crippen LogP contribution in [0.25, 0.3) is 28.0 Å². The van der Waals surface area contributed by atoms with Crippen molar-refractivity contribution in [3.8, 4) is 23.2 Å². The van der Waals surface area contributed by atoms with Gasteiger partial charge in [0.25, 0.3) is 11.4 Å². The van der Waals surface area contributed by atoms with Crippen LogP contribution < -0.4 is 21.3 Å². The van der Waals surface area contributed by atoms with Crippen molar-refractivity contribution in [2.45, 2.75) is 19.9 Å². The fourth-order valence-corrected chi connectivity index (χ4v) is 4.07. The van der Waals surface area contributed by atoms with Gasteiger partial charge in [-0.05, 0) is 24.4 Å². The highest BCUT2D eigenvalue weighted by Gasteiger charge is 2.23. The number of aromatic amines is 1. The second kappa shape index (κ2) is 8.72. The van der Waals surface area contributed by atoms with Crippen molar-refractivity contribution in [1.82, 2.24) is 34.9 Å². The predicted octanol–water partition coefficient (Wildman–Crippen LogP) is 3.28. The van der Waals surface area contributed by atoms with Gasteiger partial charge in [-0.2, -0.15) is 5.10 Å². The first-order valence-corrected chi connectivity index (χ1v) is 10.9. The van der Waals surface area contributed by atoms with Gasteiger partial charge in [-0.1, -0.05) is 23.7 Å². The van der Waals surface area contributed by atoms with Crippen molar-refractivity contribution >= 4 is 34.0 Å². The van der Waals surface area contributed by atoms with Crippen molar-refractivity contribution in [2.24, 2.45) is 0 Å². The van der Waals surface area contributed by atoms with E-state index in [9.17, 15) is 4.79 Å². The number of methoxy groups -OCH3 is 1. The summed E-state index contributed by atoms with van der Waals surface area (Å²) in [6.07, 6.45) is 1.32. The van der Waals surface area contributed by atoms with Crippen molar-refractivity contribution in [3.63, 3.8) is 0 Å². The number of aromatic nitrogens is 7. The Morgan fingerprint density at radius 3 is 2.80 bits per heavy atom. The molecule has 0 radical (unpaired) electrons. The van der Waals surface area contributed by atoms with Gasteiger partial charge >= 0.3 is 0 Å². The number of anilines is 2. The van der Waals surface area contributed by atoms with Crippen LogP contribution in [-0.2, 0) is 0 Å². The second-order valence-corrected chi connectivity index (χ2v) is 8.09. The molecule has 35 heavy (non-hydrogen) atoms. The number of ether oxygens (including phenoxy) is 1. The molecule has 5 rings (SSSR count). The van der Waals surface area contributed by atoms with Gasteiger partial charge in [0.2, 0.25) is 11.8 Å². The predicted molar refractivity (Wildman–Crippen MR) is 130 cm³/mol. The molecule has 1 atom stereocenters. The molecule has 0 saturated heterocycles. The molecule has 4 aromatic heterocycles. The zero-order chi connectivity index (χ0) is 24.7. The van der Waals surface area contributed by atoms with Gasteiger partial charge < -0.3 is 20.2 Å². The Kier molecular flexibility index (Phi) is 5.57. The molecule has 1 unspecified atom stereocenters. The van der Waals surface area contributed by atoms with E-state index in [4.69, 9.17) is 26.5 Å². The standard InChI is InChI=1S/C22H20ClN9O3/c1-10(27-20-18(19(24)25-9-26-20)21-31-28-11(2)35-21)14-7-12-5-4-6-13(23)17(12)22(33)32(14)15-8-16(34-3)30-29-15/h4-10H,1-3H3,(H,29,30)(H3,24,25,26,27). The third-order valence-corrected chi connectivity index (χ3v) is 5.74. The van der Waals surface area contributed by atoms with Crippen LogP contribution in [0.1, 0.15) is 24.6 Å². The number of hydrogen-bond acceptors (Lipinski definition) is 10. The van der Waals surface area contributed by atoms with E-state index in [1.807, 2.05) is 19.1 Å². The number of rotatable bonds is 6. The van der Waals surface area contributed by atoms with Gasteiger partial charge in [-0.15, -0.1) is 10.2 Å². The van der Waals surface area contributed by atoms with Crippen LogP contribution in [0, 0.1) is 6.92 Å².